The van der Waals surface area contributed by atoms with E-state index in [2.05, 4.69) is 28.8 Å². The van der Waals surface area contributed by atoms with Gasteiger partial charge in [-0.1, -0.05) is 31.5 Å². The molecule has 176 valence electrons. The molecule has 4 aromatic rings. The van der Waals surface area contributed by atoms with Crippen LogP contribution in [0, 0.1) is 13.8 Å². The molecule has 1 fully saturated rings. The minimum absolute atomic E-state index is 0.0691. The summed E-state index contributed by atoms with van der Waals surface area (Å²) in [6, 6.07) is 11.6. The summed E-state index contributed by atoms with van der Waals surface area (Å²) in [4.78, 5) is 28.5. The number of aryl methyl sites for hydroxylation is 2. The Bertz CT molecular complexity index is 1370. The predicted molar refractivity (Wildman–Crippen MR) is 138 cm³/mol. The van der Waals surface area contributed by atoms with Crippen LogP contribution in [0.4, 0.5) is 5.82 Å². The van der Waals surface area contributed by atoms with Crippen molar-refractivity contribution in [1.82, 2.24) is 24.6 Å². The molecular weight excluding hydrogens is 468 g/mol. The van der Waals surface area contributed by atoms with Crippen molar-refractivity contribution in [2.75, 3.05) is 31.1 Å². The molecule has 1 aliphatic heterocycles. The number of halogens is 1. The van der Waals surface area contributed by atoms with Gasteiger partial charge in [-0.05, 0) is 38.1 Å². The standard InChI is InChI=1S/C25H27ClN6OS/c1-15(2)23-27-16(3)12-22(28-23)30-8-10-31(11-9-30)24(33)21-14-20-17(4)29-32(25(20)34-21)19-7-5-6-18(26)13-19/h5-7,12-15H,8-11H2,1-4H3. The Morgan fingerprint density at radius 3 is 2.53 bits per heavy atom. The first kappa shape index (κ1) is 22.8. The lowest BCUT2D eigenvalue weighted by atomic mass is 10.2. The molecule has 7 nitrogen and oxygen atoms in total. The number of nitrogens with zero attached hydrogens (tertiary/aromatic N) is 6. The fraction of sp³-hybridized carbons (Fsp3) is 0.360. The summed E-state index contributed by atoms with van der Waals surface area (Å²) in [6.07, 6.45) is 0. The molecule has 9 heteroatoms. The summed E-state index contributed by atoms with van der Waals surface area (Å²) >= 11 is 7.67. The van der Waals surface area contributed by atoms with E-state index in [9.17, 15) is 4.79 Å². The maximum atomic E-state index is 13.4. The largest absolute Gasteiger partial charge is 0.353 e. The summed E-state index contributed by atoms with van der Waals surface area (Å²) < 4.78 is 1.87. The van der Waals surface area contributed by atoms with E-state index >= 15 is 0 Å². The molecule has 1 saturated heterocycles. The Morgan fingerprint density at radius 2 is 1.82 bits per heavy atom. The second kappa shape index (κ2) is 9.00. The Kier molecular flexibility index (Phi) is 6.04. The first-order chi connectivity index (χ1) is 16.3. The van der Waals surface area contributed by atoms with E-state index in [0.717, 1.165) is 56.9 Å². The van der Waals surface area contributed by atoms with E-state index in [0.29, 0.717) is 18.1 Å². The summed E-state index contributed by atoms with van der Waals surface area (Å²) in [5, 5.41) is 6.33. The normalized spacial score (nSPS) is 14.4. The number of benzene rings is 1. The van der Waals surface area contributed by atoms with Crippen LogP contribution in [0.3, 0.4) is 0 Å². The van der Waals surface area contributed by atoms with Crippen molar-refractivity contribution in [3.05, 3.63) is 63.5 Å². The quantitative estimate of drug-likeness (QED) is 0.388. The third-order valence-corrected chi connectivity index (χ3v) is 7.41. The molecule has 0 bridgehead atoms. The molecule has 0 N–H and O–H groups in total. The molecule has 0 unspecified atom stereocenters. The van der Waals surface area contributed by atoms with Gasteiger partial charge in [0.1, 0.15) is 16.5 Å². The number of hydrogen-bond acceptors (Lipinski definition) is 6. The molecule has 0 atom stereocenters. The number of carbonyl (C=O) groups is 1. The third-order valence-electron chi connectivity index (χ3n) is 6.07. The molecule has 1 amide bonds. The van der Waals surface area contributed by atoms with Crippen LogP contribution < -0.4 is 4.90 Å². The van der Waals surface area contributed by atoms with Gasteiger partial charge in [-0.3, -0.25) is 4.79 Å². The van der Waals surface area contributed by atoms with Crippen LogP contribution in [0.1, 0.15) is 46.6 Å². The summed E-state index contributed by atoms with van der Waals surface area (Å²) in [5.74, 6) is 2.16. The van der Waals surface area contributed by atoms with Crippen molar-refractivity contribution < 1.29 is 4.79 Å². The van der Waals surface area contributed by atoms with Crippen molar-refractivity contribution in [2.24, 2.45) is 0 Å². The highest BCUT2D eigenvalue weighted by Gasteiger charge is 2.26. The molecule has 34 heavy (non-hydrogen) atoms. The topological polar surface area (TPSA) is 67.2 Å². The smallest absolute Gasteiger partial charge is 0.264 e. The molecule has 0 aliphatic carbocycles. The van der Waals surface area contributed by atoms with E-state index < -0.39 is 0 Å². The van der Waals surface area contributed by atoms with Gasteiger partial charge in [-0.25, -0.2) is 14.6 Å². The molecule has 5 rings (SSSR count). The highest BCUT2D eigenvalue weighted by molar-refractivity contribution is 7.20. The van der Waals surface area contributed by atoms with Crippen LogP contribution in [0.25, 0.3) is 15.9 Å². The first-order valence-corrected chi connectivity index (χ1v) is 12.6. The van der Waals surface area contributed by atoms with Gasteiger partial charge in [0.15, 0.2) is 0 Å². The van der Waals surface area contributed by atoms with E-state index in [1.54, 1.807) is 0 Å². The average molecular weight is 495 g/mol. The van der Waals surface area contributed by atoms with Crippen LogP contribution >= 0.6 is 22.9 Å². The molecule has 0 spiro atoms. The number of hydrogen-bond donors (Lipinski definition) is 0. The van der Waals surface area contributed by atoms with Gasteiger partial charge in [0.2, 0.25) is 0 Å². The van der Waals surface area contributed by atoms with E-state index in [4.69, 9.17) is 16.6 Å². The van der Waals surface area contributed by atoms with Crippen LogP contribution in [-0.2, 0) is 0 Å². The van der Waals surface area contributed by atoms with E-state index in [-0.39, 0.29) is 11.8 Å². The Labute approximate surface area is 208 Å². The fourth-order valence-corrected chi connectivity index (χ4v) is 5.56. The average Bonchev–Trinajstić information content (AvgIpc) is 3.39. The van der Waals surface area contributed by atoms with Crippen molar-refractivity contribution in [2.45, 2.75) is 33.6 Å². The number of aromatic nitrogens is 4. The highest BCUT2D eigenvalue weighted by atomic mass is 35.5. The van der Waals surface area contributed by atoms with Gasteiger partial charge in [-0.15, -0.1) is 11.3 Å². The highest BCUT2D eigenvalue weighted by Crippen LogP contribution is 2.32. The van der Waals surface area contributed by atoms with Crippen molar-refractivity contribution in [3.63, 3.8) is 0 Å². The van der Waals surface area contributed by atoms with Gasteiger partial charge < -0.3 is 9.80 Å². The van der Waals surface area contributed by atoms with Crippen LogP contribution in [0.15, 0.2) is 36.4 Å². The predicted octanol–water partition coefficient (Wildman–Crippen LogP) is 5.23. The number of carbonyl (C=O) groups excluding carboxylic acids is 1. The molecular formula is C25H27ClN6OS. The lowest BCUT2D eigenvalue weighted by molar-refractivity contribution is 0.0751. The minimum atomic E-state index is 0.0691. The molecule has 3 aromatic heterocycles. The van der Waals surface area contributed by atoms with Gasteiger partial charge in [0, 0.05) is 54.3 Å². The van der Waals surface area contributed by atoms with E-state index in [1.165, 1.54) is 11.3 Å². The molecule has 0 saturated carbocycles. The van der Waals surface area contributed by atoms with Gasteiger partial charge in [0.25, 0.3) is 5.91 Å². The van der Waals surface area contributed by atoms with Crippen molar-refractivity contribution >= 4 is 44.9 Å². The lowest BCUT2D eigenvalue weighted by Crippen LogP contribution is -2.49. The minimum Gasteiger partial charge on any atom is -0.353 e. The number of thiophene rings is 1. The zero-order chi connectivity index (χ0) is 24.0. The zero-order valence-electron chi connectivity index (χ0n) is 19.7. The maximum Gasteiger partial charge on any atom is 0.264 e. The second-order valence-electron chi connectivity index (χ2n) is 8.97. The van der Waals surface area contributed by atoms with Gasteiger partial charge >= 0.3 is 0 Å². The van der Waals surface area contributed by atoms with Crippen molar-refractivity contribution in [1.29, 1.82) is 0 Å². The third kappa shape index (κ3) is 4.28. The molecule has 0 radical (unpaired) electrons. The van der Waals surface area contributed by atoms with Crippen LogP contribution in [-0.4, -0.2) is 56.7 Å². The Hall–Kier alpha value is -2.97. The SMILES string of the molecule is Cc1cc(N2CCN(C(=O)c3cc4c(C)nn(-c5cccc(Cl)c5)c4s3)CC2)nc(C(C)C)n1. The fourth-order valence-electron chi connectivity index (χ4n) is 4.22. The van der Waals surface area contributed by atoms with Gasteiger partial charge in [-0.2, -0.15) is 5.10 Å². The Balaban J connectivity index is 1.34. The number of piperazine rings is 1. The zero-order valence-corrected chi connectivity index (χ0v) is 21.3. The number of rotatable bonds is 4. The molecule has 1 aliphatic rings. The lowest BCUT2D eigenvalue weighted by Gasteiger charge is -2.35. The summed E-state index contributed by atoms with van der Waals surface area (Å²) in [7, 11) is 0. The summed E-state index contributed by atoms with van der Waals surface area (Å²) in [6.45, 7) is 11.0. The Morgan fingerprint density at radius 1 is 1.06 bits per heavy atom. The number of fused-ring (bicyclic) bond motifs is 1. The molecule has 1 aromatic carbocycles. The monoisotopic (exact) mass is 494 g/mol. The first-order valence-electron chi connectivity index (χ1n) is 11.4. The molecule has 4 heterocycles. The summed E-state index contributed by atoms with van der Waals surface area (Å²) in [5.41, 5.74) is 2.76. The number of amides is 1. The number of anilines is 1. The van der Waals surface area contributed by atoms with E-state index in [1.807, 2.05) is 59.8 Å². The maximum absolute atomic E-state index is 13.4. The van der Waals surface area contributed by atoms with Gasteiger partial charge in [0.05, 0.1) is 16.3 Å². The van der Waals surface area contributed by atoms with Crippen LogP contribution in [0.2, 0.25) is 5.02 Å². The van der Waals surface area contributed by atoms with Crippen molar-refractivity contribution in [3.8, 4) is 5.69 Å². The van der Waals surface area contributed by atoms with Crippen LogP contribution in [0.5, 0.6) is 0 Å². The second-order valence-corrected chi connectivity index (χ2v) is 10.4.